The van der Waals surface area contributed by atoms with Crippen LogP contribution in [0.2, 0.25) is 0 Å². The van der Waals surface area contributed by atoms with Gasteiger partial charge in [-0.25, -0.2) is 0 Å². The summed E-state index contributed by atoms with van der Waals surface area (Å²) in [6.45, 7) is 3.15. The van der Waals surface area contributed by atoms with Gasteiger partial charge in [0.15, 0.2) is 0 Å². The van der Waals surface area contributed by atoms with Crippen LogP contribution < -0.4 is 5.32 Å². The molecule has 5 nitrogen and oxygen atoms in total. The molecule has 20 heavy (non-hydrogen) atoms. The van der Waals surface area contributed by atoms with Gasteiger partial charge in [-0.1, -0.05) is 18.6 Å². The smallest absolute Gasteiger partial charge is 0.269 e. The normalized spacial score (nSPS) is 19.9. The van der Waals surface area contributed by atoms with E-state index in [1.54, 1.807) is 12.1 Å². The molecule has 0 amide bonds. The maximum atomic E-state index is 10.6. The maximum Gasteiger partial charge on any atom is 0.269 e. The Kier molecular flexibility index (Phi) is 5.49. The second kappa shape index (κ2) is 7.36. The van der Waals surface area contributed by atoms with Crippen LogP contribution in [0.1, 0.15) is 24.8 Å². The number of hydrogen-bond donors (Lipinski definition) is 1. The van der Waals surface area contributed by atoms with Gasteiger partial charge in [0.25, 0.3) is 5.69 Å². The van der Waals surface area contributed by atoms with Gasteiger partial charge in [0.1, 0.15) is 0 Å². The van der Waals surface area contributed by atoms with Crippen LogP contribution in [0.3, 0.4) is 0 Å². The molecule has 110 valence electrons. The molecule has 1 atom stereocenters. The second-order valence-electron chi connectivity index (χ2n) is 5.51. The van der Waals surface area contributed by atoms with E-state index in [1.807, 2.05) is 12.1 Å². The van der Waals surface area contributed by atoms with E-state index in [4.69, 9.17) is 0 Å². The summed E-state index contributed by atoms with van der Waals surface area (Å²) < 4.78 is 0. The summed E-state index contributed by atoms with van der Waals surface area (Å²) in [4.78, 5) is 12.6. The predicted octanol–water partition coefficient (Wildman–Crippen LogP) is 2.21. The molecule has 0 radical (unpaired) electrons. The van der Waals surface area contributed by atoms with Crippen molar-refractivity contribution in [2.75, 3.05) is 26.7 Å². The van der Waals surface area contributed by atoms with Gasteiger partial charge in [0, 0.05) is 24.7 Å². The Hall–Kier alpha value is -1.46. The van der Waals surface area contributed by atoms with E-state index in [2.05, 4.69) is 17.3 Å². The van der Waals surface area contributed by atoms with Crippen LogP contribution in [0, 0.1) is 10.1 Å². The van der Waals surface area contributed by atoms with Gasteiger partial charge in [-0.05, 0) is 45.0 Å². The van der Waals surface area contributed by atoms with Crippen LogP contribution in [0.5, 0.6) is 0 Å². The highest BCUT2D eigenvalue weighted by Crippen LogP contribution is 2.14. The minimum absolute atomic E-state index is 0.158. The minimum atomic E-state index is -0.360. The lowest BCUT2D eigenvalue weighted by molar-refractivity contribution is -0.384. The van der Waals surface area contributed by atoms with Crippen molar-refractivity contribution >= 4 is 5.69 Å². The lowest BCUT2D eigenvalue weighted by atomic mass is 10.0. The van der Waals surface area contributed by atoms with Crippen LogP contribution in [0.15, 0.2) is 24.3 Å². The number of nitrogens with zero attached hydrogens (tertiary/aromatic N) is 2. The largest absolute Gasteiger partial charge is 0.315 e. The molecule has 1 aromatic carbocycles. The summed E-state index contributed by atoms with van der Waals surface area (Å²) in [5, 5.41) is 14.1. The quantitative estimate of drug-likeness (QED) is 0.492. The van der Waals surface area contributed by atoms with Crippen molar-refractivity contribution < 1.29 is 4.92 Å². The molecule has 0 bridgehead atoms. The van der Waals surface area contributed by atoms with E-state index in [9.17, 15) is 10.1 Å². The van der Waals surface area contributed by atoms with E-state index in [-0.39, 0.29) is 10.6 Å². The standard InChI is InChI=1S/C15H23N3O2/c1-17-11-3-2-4-15(17)12-16-10-9-13-5-7-14(8-6-13)18(19)20/h5-8,15-16H,2-4,9-12H2,1H3. The molecule has 2 rings (SSSR count). The molecular formula is C15H23N3O2. The van der Waals surface area contributed by atoms with Gasteiger partial charge < -0.3 is 10.2 Å². The van der Waals surface area contributed by atoms with E-state index in [0.29, 0.717) is 6.04 Å². The Morgan fingerprint density at radius 3 is 2.75 bits per heavy atom. The van der Waals surface area contributed by atoms with Crippen molar-refractivity contribution in [2.24, 2.45) is 0 Å². The first-order valence-electron chi connectivity index (χ1n) is 7.31. The summed E-state index contributed by atoms with van der Waals surface area (Å²) in [6, 6.07) is 7.48. The molecule has 1 fully saturated rings. The number of non-ortho nitro benzene ring substituents is 1. The summed E-state index contributed by atoms with van der Waals surface area (Å²) in [5.74, 6) is 0. The van der Waals surface area contributed by atoms with Crippen molar-refractivity contribution in [3.63, 3.8) is 0 Å². The first-order valence-corrected chi connectivity index (χ1v) is 7.31. The van der Waals surface area contributed by atoms with Gasteiger partial charge in [0.2, 0.25) is 0 Å². The fraction of sp³-hybridized carbons (Fsp3) is 0.600. The molecule has 1 unspecified atom stereocenters. The van der Waals surface area contributed by atoms with Crippen molar-refractivity contribution in [1.82, 2.24) is 10.2 Å². The fourth-order valence-corrected chi connectivity index (χ4v) is 2.69. The van der Waals surface area contributed by atoms with Gasteiger partial charge >= 0.3 is 0 Å². The first-order chi connectivity index (χ1) is 9.66. The molecule has 0 aliphatic carbocycles. The zero-order valence-corrected chi connectivity index (χ0v) is 12.0. The molecule has 1 aromatic rings. The molecule has 0 saturated carbocycles. The maximum absolute atomic E-state index is 10.6. The number of likely N-dealkylation sites (tertiary alicyclic amines) is 1. The second-order valence-corrected chi connectivity index (χ2v) is 5.51. The van der Waals surface area contributed by atoms with Gasteiger partial charge in [-0.2, -0.15) is 0 Å². The number of likely N-dealkylation sites (N-methyl/N-ethyl adjacent to an activating group) is 1. The Morgan fingerprint density at radius 1 is 1.35 bits per heavy atom. The van der Waals surface area contributed by atoms with Gasteiger partial charge in [-0.15, -0.1) is 0 Å². The van der Waals surface area contributed by atoms with Crippen LogP contribution in [-0.4, -0.2) is 42.5 Å². The molecule has 1 N–H and O–H groups in total. The van der Waals surface area contributed by atoms with Crippen molar-refractivity contribution in [1.29, 1.82) is 0 Å². The van der Waals surface area contributed by atoms with Crippen LogP contribution in [0.4, 0.5) is 5.69 Å². The predicted molar refractivity (Wildman–Crippen MR) is 79.9 cm³/mol. The third kappa shape index (κ3) is 4.28. The summed E-state index contributed by atoms with van der Waals surface area (Å²) in [5.41, 5.74) is 1.30. The SMILES string of the molecule is CN1CCCCC1CNCCc1ccc([N+](=O)[O-])cc1. The zero-order valence-electron chi connectivity index (χ0n) is 12.0. The Labute approximate surface area is 120 Å². The molecule has 1 aliphatic rings. The highest BCUT2D eigenvalue weighted by molar-refractivity contribution is 5.32. The number of benzene rings is 1. The number of nitro groups is 1. The van der Waals surface area contributed by atoms with E-state index >= 15 is 0 Å². The fourth-order valence-electron chi connectivity index (χ4n) is 2.69. The lowest BCUT2D eigenvalue weighted by Crippen LogP contribution is -2.43. The van der Waals surface area contributed by atoms with Crippen LogP contribution in [0.25, 0.3) is 0 Å². The lowest BCUT2D eigenvalue weighted by Gasteiger charge is -2.32. The molecule has 0 spiro atoms. The third-order valence-electron chi connectivity index (χ3n) is 4.04. The molecule has 0 aromatic heterocycles. The zero-order chi connectivity index (χ0) is 14.4. The van der Waals surface area contributed by atoms with Crippen LogP contribution in [-0.2, 0) is 6.42 Å². The number of nitro benzene ring substituents is 1. The number of nitrogens with one attached hydrogen (secondary N) is 1. The minimum Gasteiger partial charge on any atom is -0.315 e. The Balaban J connectivity index is 1.69. The Morgan fingerprint density at radius 2 is 2.10 bits per heavy atom. The molecule has 5 heteroatoms. The topological polar surface area (TPSA) is 58.4 Å². The summed E-state index contributed by atoms with van der Waals surface area (Å²) >= 11 is 0. The molecule has 1 saturated heterocycles. The highest BCUT2D eigenvalue weighted by Gasteiger charge is 2.17. The number of rotatable bonds is 6. The van der Waals surface area contributed by atoms with Crippen molar-refractivity contribution in [2.45, 2.75) is 31.7 Å². The first kappa shape index (κ1) is 14.9. The third-order valence-corrected chi connectivity index (χ3v) is 4.04. The van der Waals surface area contributed by atoms with Crippen molar-refractivity contribution in [3.05, 3.63) is 39.9 Å². The van der Waals surface area contributed by atoms with E-state index < -0.39 is 0 Å². The summed E-state index contributed by atoms with van der Waals surface area (Å²) in [7, 11) is 2.20. The average molecular weight is 277 g/mol. The van der Waals surface area contributed by atoms with E-state index in [1.165, 1.54) is 25.8 Å². The molecule has 1 heterocycles. The average Bonchev–Trinajstić information content (AvgIpc) is 2.46. The van der Waals surface area contributed by atoms with Gasteiger partial charge in [-0.3, -0.25) is 10.1 Å². The molecule has 1 aliphatic heterocycles. The summed E-state index contributed by atoms with van der Waals surface area (Å²) in [6.07, 6.45) is 4.84. The van der Waals surface area contributed by atoms with E-state index in [0.717, 1.165) is 25.1 Å². The Bertz CT molecular complexity index is 433. The molecular weight excluding hydrogens is 254 g/mol. The number of piperidine rings is 1. The highest BCUT2D eigenvalue weighted by atomic mass is 16.6. The monoisotopic (exact) mass is 277 g/mol. The number of hydrogen-bond acceptors (Lipinski definition) is 4. The van der Waals surface area contributed by atoms with Crippen molar-refractivity contribution in [3.8, 4) is 0 Å². The van der Waals surface area contributed by atoms with Gasteiger partial charge in [0.05, 0.1) is 4.92 Å². The van der Waals surface area contributed by atoms with Crippen LogP contribution >= 0.6 is 0 Å².